The molecule has 0 fully saturated rings. The lowest BCUT2D eigenvalue weighted by molar-refractivity contribution is 0.0657. The molecule has 0 bridgehead atoms. The Hall–Kier alpha value is -3.84. The molecule has 6 nitrogen and oxygen atoms in total. The van der Waals surface area contributed by atoms with Crippen LogP contribution >= 0.6 is 0 Å². The number of para-hydroxylation sites is 1. The number of rotatable bonds is 8. The van der Waals surface area contributed by atoms with Crippen molar-refractivity contribution in [2.45, 2.75) is 33.2 Å². The van der Waals surface area contributed by atoms with Gasteiger partial charge < -0.3 is 9.64 Å². The fourth-order valence-electron chi connectivity index (χ4n) is 4.32. The van der Waals surface area contributed by atoms with Gasteiger partial charge in [0.05, 0.1) is 22.6 Å². The predicted octanol–water partition coefficient (Wildman–Crippen LogP) is 5.38. The first-order valence-electron chi connectivity index (χ1n) is 12.0. The summed E-state index contributed by atoms with van der Waals surface area (Å²) in [5.74, 6) is -0.391. The minimum Gasteiger partial charge on any atom is -0.385 e. The Morgan fingerprint density at radius 1 is 1.06 bits per heavy atom. The molecule has 1 aromatic heterocycles. The number of carbonyl (C=O) groups excluding carboxylic acids is 1. The highest BCUT2D eigenvalue weighted by molar-refractivity contribution is 5.94. The zero-order valence-corrected chi connectivity index (χ0v) is 21.0. The van der Waals surface area contributed by atoms with E-state index in [4.69, 9.17) is 9.72 Å². The Balaban J connectivity index is 1.90. The van der Waals surface area contributed by atoms with E-state index in [1.165, 1.54) is 18.2 Å². The van der Waals surface area contributed by atoms with Gasteiger partial charge in [0.2, 0.25) is 0 Å². The predicted molar refractivity (Wildman–Crippen MR) is 139 cm³/mol. The summed E-state index contributed by atoms with van der Waals surface area (Å²) in [7, 11) is 1.60. The van der Waals surface area contributed by atoms with Crippen molar-refractivity contribution in [1.29, 1.82) is 0 Å². The van der Waals surface area contributed by atoms with E-state index < -0.39 is 11.9 Å². The minimum atomic E-state index is -0.587. The maximum Gasteiger partial charge on any atom is 0.266 e. The average molecular weight is 488 g/mol. The van der Waals surface area contributed by atoms with Gasteiger partial charge in [0.15, 0.2) is 0 Å². The molecule has 7 heteroatoms. The summed E-state index contributed by atoms with van der Waals surface area (Å²) in [6.45, 7) is 6.65. The molecule has 0 N–H and O–H groups in total. The summed E-state index contributed by atoms with van der Waals surface area (Å²) in [6.07, 6.45) is 0.573. The molecule has 3 aromatic carbocycles. The second-order valence-electron chi connectivity index (χ2n) is 8.93. The number of hydrogen-bond acceptors (Lipinski definition) is 4. The lowest BCUT2D eigenvalue weighted by Gasteiger charge is -2.31. The molecule has 0 saturated carbocycles. The number of amides is 1. The van der Waals surface area contributed by atoms with Gasteiger partial charge in [-0.2, -0.15) is 0 Å². The van der Waals surface area contributed by atoms with Gasteiger partial charge in [-0.3, -0.25) is 14.2 Å². The van der Waals surface area contributed by atoms with E-state index in [0.717, 1.165) is 11.1 Å². The third kappa shape index (κ3) is 5.06. The molecule has 186 valence electrons. The maximum absolute atomic E-state index is 14.0. The zero-order valence-electron chi connectivity index (χ0n) is 21.0. The van der Waals surface area contributed by atoms with Crippen molar-refractivity contribution in [2.24, 2.45) is 0 Å². The van der Waals surface area contributed by atoms with Crippen LogP contribution in [-0.2, 0) is 4.74 Å². The smallest absolute Gasteiger partial charge is 0.266 e. The Labute approximate surface area is 210 Å². The second kappa shape index (κ2) is 10.8. The van der Waals surface area contributed by atoms with E-state index in [9.17, 15) is 14.0 Å². The molecule has 1 heterocycles. The third-order valence-electron chi connectivity index (χ3n) is 6.47. The van der Waals surface area contributed by atoms with Crippen LogP contribution in [0.4, 0.5) is 4.39 Å². The van der Waals surface area contributed by atoms with E-state index in [2.05, 4.69) is 0 Å². The molecule has 0 aliphatic rings. The summed E-state index contributed by atoms with van der Waals surface area (Å²) in [5.41, 5.74) is 3.41. The van der Waals surface area contributed by atoms with Crippen LogP contribution < -0.4 is 5.56 Å². The van der Waals surface area contributed by atoms with Crippen molar-refractivity contribution in [3.63, 3.8) is 0 Å². The number of halogens is 1. The van der Waals surface area contributed by atoms with E-state index >= 15 is 0 Å². The number of ether oxygens (including phenoxy) is 1. The molecule has 1 unspecified atom stereocenters. The molecule has 36 heavy (non-hydrogen) atoms. The lowest BCUT2D eigenvalue weighted by atomic mass is 10.1. The van der Waals surface area contributed by atoms with Crippen LogP contribution in [0.25, 0.3) is 16.6 Å². The standard InChI is InChI=1S/C29H30FN3O3/c1-19-13-14-24(17-20(19)2)33-27(31-26-12-6-5-11-25(26)29(33)35)21(3)32(15-8-16-36-4)28(34)22-9-7-10-23(30)18-22/h5-7,9-14,17-18,21H,8,15-16H2,1-4H3. The Morgan fingerprint density at radius 3 is 2.56 bits per heavy atom. The van der Waals surface area contributed by atoms with Crippen molar-refractivity contribution in [3.05, 3.63) is 105 Å². The van der Waals surface area contributed by atoms with Gasteiger partial charge in [0, 0.05) is 25.8 Å². The quantitative estimate of drug-likeness (QED) is 0.313. The number of methoxy groups -OCH3 is 1. The number of nitrogens with zero attached hydrogens (tertiary/aromatic N) is 3. The summed E-state index contributed by atoms with van der Waals surface area (Å²) in [4.78, 5) is 33.9. The molecule has 4 rings (SSSR count). The molecule has 0 aliphatic heterocycles. The molecule has 0 aliphatic carbocycles. The molecular formula is C29H30FN3O3. The first-order valence-corrected chi connectivity index (χ1v) is 12.0. The molecule has 4 aromatic rings. The molecular weight excluding hydrogens is 457 g/mol. The Morgan fingerprint density at radius 2 is 1.83 bits per heavy atom. The minimum absolute atomic E-state index is 0.208. The summed E-state index contributed by atoms with van der Waals surface area (Å²) in [6, 6.07) is 18.0. The highest BCUT2D eigenvalue weighted by atomic mass is 19.1. The number of fused-ring (bicyclic) bond motifs is 1. The zero-order chi connectivity index (χ0) is 25.8. The van der Waals surface area contributed by atoms with Gasteiger partial charge in [-0.25, -0.2) is 9.37 Å². The Bertz CT molecular complexity index is 1460. The van der Waals surface area contributed by atoms with Crippen LogP contribution in [-0.4, -0.2) is 40.6 Å². The average Bonchev–Trinajstić information content (AvgIpc) is 2.87. The van der Waals surface area contributed by atoms with Gasteiger partial charge in [0.25, 0.3) is 11.5 Å². The Kier molecular flexibility index (Phi) is 7.60. The highest BCUT2D eigenvalue weighted by Gasteiger charge is 2.27. The molecule has 0 radical (unpaired) electrons. The molecule has 1 amide bonds. The lowest BCUT2D eigenvalue weighted by Crippen LogP contribution is -2.38. The van der Waals surface area contributed by atoms with Crippen LogP contribution in [0.1, 0.15) is 46.7 Å². The van der Waals surface area contributed by atoms with Crippen LogP contribution in [0.15, 0.2) is 71.5 Å². The van der Waals surface area contributed by atoms with E-state index in [0.29, 0.717) is 42.0 Å². The van der Waals surface area contributed by atoms with E-state index in [1.54, 1.807) is 34.8 Å². The van der Waals surface area contributed by atoms with Gasteiger partial charge >= 0.3 is 0 Å². The van der Waals surface area contributed by atoms with Crippen LogP contribution in [0.5, 0.6) is 0 Å². The van der Waals surface area contributed by atoms with Crippen LogP contribution in [0.3, 0.4) is 0 Å². The van der Waals surface area contributed by atoms with Crippen molar-refractivity contribution in [3.8, 4) is 5.69 Å². The first kappa shape index (κ1) is 25.3. The number of hydrogen-bond donors (Lipinski definition) is 0. The fourth-order valence-corrected chi connectivity index (χ4v) is 4.32. The van der Waals surface area contributed by atoms with Crippen LogP contribution in [0, 0.1) is 19.7 Å². The second-order valence-corrected chi connectivity index (χ2v) is 8.93. The summed E-state index contributed by atoms with van der Waals surface area (Å²) < 4.78 is 20.7. The first-order chi connectivity index (χ1) is 17.3. The molecule has 0 spiro atoms. The van der Waals surface area contributed by atoms with Gasteiger partial charge in [0.1, 0.15) is 11.6 Å². The van der Waals surface area contributed by atoms with Crippen LogP contribution in [0.2, 0.25) is 0 Å². The number of aromatic nitrogens is 2. The normalized spacial score (nSPS) is 12.0. The highest BCUT2D eigenvalue weighted by Crippen LogP contribution is 2.26. The summed E-state index contributed by atoms with van der Waals surface area (Å²) in [5, 5.41) is 0.495. The largest absolute Gasteiger partial charge is 0.385 e. The van der Waals surface area contributed by atoms with E-state index in [-0.39, 0.29) is 17.0 Å². The van der Waals surface area contributed by atoms with Gasteiger partial charge in [-0.15, -0.1) is 0 Å². The number of carbonyl (C=O) groups is 1. The topological polar surface area (TPSA) is 64.4 Å². The number of benzene rings is 3. The van der Waals surface area contributed by atoms with Crippen molar-refractivity contribution in [2.75, 3.05) is 20.3 Å². The fraction of sp³-hybridized carbons (Fsp3) is 0.276. The van der Waals surface area contributed by atoms with Gasteiger partial charge in [-0.1, -0.05) is 24.3 Å². The molecule has 1 atom stereocenters. The van der Waals surface area contributed by atoms with Crippen molar-refractivity contribution in [1.82, 2.24) is 14.5 Å². The third-order valence-corrected chi connectivity index (χ3v) is 6.47. The van der Waals surface area contributed by atoms with Crippen molar-refractivity contribution < 1.29 is 13.9 Å². The molecule has 0 saturated heterocycles. The van der Waals surface area contributed by atoms with E-state index in [1.807, 2.05) is 51.1 Å². The number of aryl methyl sites for hydroxylation is 2. The van der Waals surface area contributed by atoms with Crippen molar-refractivity contribution >= 4 is 16.8 Å². The summed E-state index contributed by atoms with van der Waals surface area (Å²) >= 11 is 0. The SMILES string of the molecule is COCCCN(C(=O)c1cccc(F)c1)C(C)c1nc2ccccc2c(=O)n1-c1ccc(C)c(C)c1. The monoisotopic (exact) mass is 487 g/mol. The maximum atomic E-state index is 14.0. The van der Waals surface area contributed by atoms with Gasteiger partial charge in [-0.05, 0) is 80.8 Å².